The Morgan fingerprint density at radius 2 is 1.69 bits per heavy atom. The summed E-state index contributed by atoms with van der Waals surface area (Å²) in [6.45, 7) is 0. The summed E-state index contributed by atoms with van der Waals surface area (Å²) in [5.41, 5.74) is 11.7. The minimum atomic E-state index is -3.66. The number of fused-ring (bicyclic) bond motifs is 2. The fourth-order valence-corrected chi connectivity index (χ4v) is 5.15. The number of anilines is 1. The van der Waals surface area contributed by atoms with Crippen molar-refractivity contribution in [2.45, 2.75) is 9.79 Å². The van der Waals surface area contributed by atoms with Crippen LogP contribution in [0.2, 0.25) is 0 Å². The molecule has 0 bridgehead atoms. The van der Waals surface area contributed by atoms with Gasteiger partial charge < -0.3 is 5.73 Å². The fraction of sp³-hybridized carbons (Fsp3) is 0. The molecule has 6 nitrogen and oxygen atoms in total. The lowest BCUT2D eigenvalue weighted by atomic mass is 10.1. The van der Waals surface area contributed by atoms with Gasteiger partial charge in [-0.2, -0.15) is 0 Å². The smallest absolute Gasteiger partial charge is 0.206 e. The molecule has 3 aromatic heterocycles. The molecule has 0 radical (unpaired) electrons. The predicted molar refractivity (Wildman–Crippen MR) is 114 cm³/mol. The molecule has 5 aromatic rings. The van der Waals surface area contributed by atoms with Gasteiger partial charge in [-0.1, -0.05) is 6.07 Å². The zero-order valence-corrected chi connectivity index (χ0v) is 16.6. The van der Waals surface area contributed by atoms with E-state index in [9.17, 15) is 8.42 Å². The lowest BCUT2D eigenvalue weighted by Crippen LogP contribution is -2.03. The van der Waals surface area contributed by atoms with E-state index in [4.69, 9.17) is 5.73 Å². The van der Waals surface area contributed by atoms with Crippen LogP contribution in [0.3, 0.4) is 0 Å². The number of nitrogens with zero attached hydrogens (tertiary/aromatic N) is 3. The number of thiazole rings is 1. The molecule has 0 fully saturated rings. The van der Waals surface area contributed by atoms with Crippen LogP contribution < -0.4 is 5.73 Å². The largest absolute Gasteiger partial charge is 0.398 e. The van der Waals surface area contributed by atoms with E-state index in [-0.39, 0.29) is 9.79 Å². The molecule has 3 heterocycles. The van der Waals surface area contributed by atoms with Gasteiger partial charge in [0.1, 0.15) is 0 Å². The summed E-state index contributed by atoms with van der Waals surface area (Å²) in [5, 5.41) is 0.596. The highest BCUT2D eigenvalue weighted by molar-refractivity contribution is 7.91. The van der Waals surface area contributed by atoms with Crippen LogP contribution in [0.15, 0.2) is 82.3 Å². The van der Waals surface area contributed by atoms with Crippen LogP contribution in [0.4, 0.5) is 5.69 Å². The highest BCUT2D eigenvalue weighted by atomic mass is 32.2. The Bertz CT molecular complexity index is 1480. The Labute approximate surface area is 170 Å². The van der Waals surface area contributed by atoms with E-state index in [1.54, 1.807) is 41.1 Å². The van der Waals surface area contributed by atoms with Crippen LogP contribution in [0.5, 0.6) is 0 Å². The second-order valence-electron chi connectivity index (χ2n) is 6.50. The highest BCUT2D eigenvalue weighted by Crippen LogP contribution is 2.31. The molecular formula is C21H14N4O2S2. The van der Waals surface area contributed by atoms with Gasteiger partial charge in [-0.25, -0.2) is 18.4 Å². The SMILES string of the molecule is Nc1cc(-c2ccc3scnc3c2)nc2ccc(S(=O)(=O)c3ccncc3)cc12. The third-order valence-corrected chi connectivity index (χ3v) is 7.29. The number of nitrogens with two attached hydrogens (primary N) is 1. The first-order valence-corrected chi connectivity index (χ1v) is 11.1. The number of hydrogen-bond acceptors (Lipinski definition) is 7. The Hall–Kier alpha value is -3.36. The zero-order chi connectivity index (χ0) is 20.0. The summed E-state index contributed by atoms with van der Waals surface area (Å²) in [7, 11) is -3.66. The van der Waals surface area contributed by atoms with E-state index < -0.39 is 9.84 Å². The topological polar surface area (TPSA) is 98.8 Å². The van der Waals surface area contributed by atoms with Crippen LogP contribution in [0.25, 0.3) is 32.4 Å². The van der Waals surface area contributed by atoms with Gasteiger partial charge in [0.25, 0.3) is 0 Å². The number of rotatable bonds is 3. The Morgan fingerprint density at radius 3 is 2.52 bits per heavy atom. The number of nitrogen functional groups attached to an aromatic ring is 1. The van der Waals surface area contributed by atoms with Crippen LogP contribution in [-0.4, -0.2) is 23.4 Å². The van der Waals surface area contributed by atoms with Crippen LogP contribution >= 0.6 is 11.3 Å². The second kappa shape index (κ2) is 6.61. The molecule has 0 aliphatic rings. The molecule has 0 aliphatic carbocycles. The van der Waals surface area contributed by atoms with E-state index in [0.29, 0.717) is 16.6 Å². The summed E-state index contributed by atoms with van der Waals surface area (Å²) in [5.74, 6) is 0. The van der Waals surface area contributed by atoms with Crippen molar-refractivity contribution in [3.05, 3.63) is 72.5 Å². The first-order valence-electron chi connectivity index (χ1n) is 8.71. The molecule has 0 aliphatic heterocycles. The van der Waals surface area contributed by atoms with Crippen LogP contribution in [0, 0.1) is 0 Å². The molecule has 142 valence electrons. The number of sulfone groups is 1. The summed E-state index contributed by atoms with van der Waals surface area (Å²) in [6, 6.07) is 15.5. The highest BCUT2D eigenvalue weighted by Gasteiger charge is 2.19. The number of benzene rings is 2. The fourth-order valence-electron chi connectivity index (χ4n) is 3.22. The molecule has 0 spiro atoms. The zero-order valence-electron chi connectivity index (χ0n) is 15.0. The van der Waals surface area contributed by atoms with Gasteiger partial charge in [0.15, 0.2) is 0 Å². The third-order valence-electron chi connectivity index (χ3n) is 4.71. The number of hydrogen-bond donors (Lipinski definition) is 1. The Kier molecular flexibility index (Phi) is 4.04. The molecule has 2 N–H and O–H groups in total. The van der Waals surface area contributed by atoms with Crippen molar-refractivity contribution in [2.24, 2.45) is 0 Å². The number of pyridine rings is 2. The van der Waals surface area contributed by atoms with Crippen molar-refractivity contribution in [3.63, 3.8) is 0 Å². The molecule has 29 heavy (non-hydrogen) atoms. The van der Waals surface area contributed by atoms with Crippen LogP contribution in [0.1, 0.15) is 0 Å². The average molecular weight is 419 g/mol. The summed E-state index contributed by atoms with van der Waals surface area (Å²) in [4.78, 5) is 13.3. The summed E-state index contributed by atoms with van der Waals surface area (Å²) >= 11 is 1.58. The first kappa shape index (κ1) is 17.7. The van der Waals surface area contributed by atoms with E-state index in [0.717, 1.165) is 21.5 Å². The first-order chi connectivity index (χ1) is 14.0. The second-order valence-corrected chi connectivity index (χ2v) is 9.33. The minimum absolute atomic E-state index is 0.168. The molecule has 0 unspecified atom stereocenters. The van der Waals surface area contributed by atoms with Crippen molar-refractivity contribution in [1.82, 2.24) is 15.0 Å². The summed E-state index contributed by atoms with van der Waals surface area (Å²) < 4.78 is 26.9. The van der Waals surface area contributed by atoms with Gasteiger partial charge in [-0.15, -0.1) is 11.3 Å². The predicted octanol–water partition coefficient (Wildman–Crippen LogP) is 4.32. The lowest BCUT2D eigenvalue weighted by molar-refractivity contribution is 0.596. The molecule has 2 aromatic carbocycles. The Balaban J connectivity index is 1.63. The van der Waals surface area contributed by atoms with E-state index in [1.807, 2.05) is 18.2 Å². The molecule has 0 saturated carbocycles. The molecule has 0 amide bonds. The van der Waals surface area contributed by atoms with Crippen molar-refractivity contribution in [3.8, 4) is 11.3 Å². The summed E-state index contributed by atoms with van der Waals surface area (Å²) in [6.07, 6.45) is 2.91. The monoisotopic (exact) mass is 418 g/mol. The van der Waals surface area contributed by atoms with Gasteiger partial charge in [-0.05, 0) is 48.5 Å². The average Bonchev–Trinajstić information content (AvgIpc) is 3.22. The molecular weight excluding hydrogens is 404 g/mol. The van der Waals surface area contributed by atoms with Gasteiger partial charge in [0.2, 0.25) is 9.84 Å². The third kappa shape index (κ3) is 3.02. The normalized spacial score (nSPS) is 11.9. The van der Waals surface area contributed by atoms with Crippen molar-refractivity contribution >= 4 is 48.0 Å². The van der Waals surface area contributed by atoms with Gasteiger partial charge in [0.05, 0.1) is 36.7 Å². The van der Waals surface area contributed by atoms with Crippen LogP contribution in [-0.2, 0) is 9.84 Å². The maximum absolute atomic E-state index is 12.9. The molecule has 8 heteroatoms. The molecule has 0 saturated heterocycles. The number of aromatic nitrogens is 3. The standard InChI is InChI=1S/C21H14N4O2S2/c22-17-11-19(13-1-4-21-20(9-13)24-12-28-21)25-18-3-2-15(10-16(17)18)29(26,27)14-5-7-23-8-6-14/h1-12H,(H2,22,25). The minimum Gasteiger partial charge on any atom is -0.398 e. The molecule has 5 rings (SSSR count). The maximum atomic E-state index is 12.9. The van der Waals surface area contributed by atoms with Crippen molar-refractivity contribution in [2.75, 3.05) is 5.73 Å². The Morgan fingerprint density at radius 1 is 0.862 bits per heavy atom. The van der Waals surface area contributed by atoms with Gasteiger partial charge >= 0.3 is 0 Å². The quantitative estimate of drug-likeness (QED) is 0.468. The van der Waals surface area contributed by atoms with Gasteiger partial charge in [-0.3, -0.25) is 4.98 Å². The van der Waals surface area contributed by atoms with Crippen molar-refractivity contribution in [1.29, 1.82) is 0 Å². The van der Waals surface area contributed by atoms with E-state index >= 15 is 0 Å². The van der Waals surface area contributed by atoms with E-state index in [2.05, 4.69) is 15.0 Å². The maximum Gasteiger partial charge on any atom is 0.206 e. The van der Waals surface area contributed by atoms with Crippen molar-refractivity contribution < 1.29 is 8.42 Å². The van der Waals surface area contributed by atoms with Gasteiger partial charge in [0, 0.05) is 29.0 Å². The lowest BCUT2D eigenvalue weighted by Gasteiger charge is -2.09. The van der Waals surface area contributed by atoms with E-state index in [1.165, 1.54) is 24.5 Å². The molecule has 0 atom stereocenters.